The van der Waals surface area contributed by atoms with Crippen LogP contribution in [0.4, 0.5) is 14.5 Å². The average molecular weight is 483 g/mol. The number of carbonyl (C=O) groups excluding carboxylic acids is 1. The van der Waals surface area contributed by atoms with E-state index in [0.717, 1.165) is 11.8 Å². The fourth-order valence-corrected chi connectivity index (χ4v) is 3.97. The van der Waals surface area contributed by atoms with Gasteiger partial charge in [0.2, 0.25) is 5.91 Å². The number of amides is 1. The van der Waals surface area contributed by atoms with E-state index in [1.54, 1.807) is 47.0 Å². The summed E-state index contributed by atoms with van der Waals surface area (Å²) in [4.78, 5) is 12.6. The first-order valence-corrected chi connectivity index (χ1v) is 11.1. The Hall–Kier alpha value is -3.92. The Morgan fingerprint density at radius 3 is 2.21 bits per heavy atom. The number of hydrogen-bond acceptors (Lipinski definition) is 6. The molecule has 34 heavy (non-hydrogen) atoms. The highest BCUT2D eigenvalue weighted by Crippen LogP contribution is 2.31. The molecule has 0 fully saturated rings. The second kappa shape index (κ2) is 10.3. The molecule has 10 heteroatoms. The number of ether oxygens (including phenoxy) is 2. The quantitative estimate of drug-likeness (QED) is 0.358. The molecule has 0 aliphatic carbocycles. The minimum atomic E-state index is -0.386. The molecule has 0 spiro atoms. The summed E-state index contributed by atoms with van der Waals surface area (Å²) >= 11 is 1.16. The maximum Gasteiger partial charge on any atom is 0.234 e. The number of carbonyl (C=O) groups is 1. The van der Waals surface area contributed by atoms with Crippen molar-refractivity contribution in [3.05, 3.63) is 78.4 Å². The van der Waals surface area contributed by atoms with Gasteiger partial charge in [0.05, 0.1) is 20.0 Å². The second-order valence-corrected chi connectivity index (χ2v) is 7.97. The van der Waals surface area contributed by atoms with Crippen molar-refractivity contribution < 1.29 is 23.0 Å². The number of halogens is 2. The van der Waals surface area contributed by atoms with E-state index in [4.69, 9.17) is 9.47 Å². The highest BCUT2D eigenvalue weighted by Gasteiger charge is 2.18. The van der Waals surface area contributed by atoms with Crippen LogP contribution in [0.15, 0.2) is 71.9 Å². The minimum absolute atomic E-state index is 0.0388. The van der Waals surface area contributed by atoms with Gasteiger partial charge in [-0.2, -0.15) is 0 Å². The van der Waals surface area contributed by atoms with E-state index in [9.17, 15) is 13.6 Å². The van der Waals surface area contributed by atoms with Gasteiger partial charge in [-0.05, 0) is 60.7 Å². The van der Waals surface area contributed by atoms with Crippen molar-refractivity contribution in [1.29, 1.82) is 0 Å². The van der Waals surface area contributed by atoms with Crippen LogP contribution in [0, 0.1) is 11.6 Å². The molecule has 4 aromatic rings. The van der Waals surface area contributed by atoms with E-state index in [0.29, 0.717) is 39.4 Å². The molecule has 7 nitrogen and oxygen atoms in total. The lowest BCUT2D eigenvalue weighted by atomic mass is 10.2. The first-order chi connectivity index (χ1) is 16.5. The third-order valence-electron chi connectivity index (χ3n) is 4.82. The number of aromatic nitrogens is 3. The molecule has 4 rings (SSSR count). The van der Waals surface area contributed by atoms with Crippen molar-refractivity contribution in [2.24, 2.45) is 0 Å². The molecular weight excluding hydrogens is 462 g/mol. The van der Waals surface area contributed by atoms with Crippen molar-refractivity contribution in [2.45, 2.75) is 5.16 Å². The zero-order valence-corrected chi connectivity index (χ0v) is 19.1. The number of benzene rings is 3. The maximum absolute atomic E-state index is 13.5. The molecule has 0 aliphatic rings. The Morgan fingerprint density at radius 1 is 0.912 bits per heavy atom. The van der Waals surface area contributed by atoms with Gasteiger partial charge < -0.3 is 14.8 Å². The Bertz CT molecular complexity index is 1290. The predicted octanol–water partition coefficient (Wildman–Crippen LogP) is 4.96. The molecule has 1 N–H and O–H groups in total. The van der Waals surface area contributed by atoms with E-state index in [-0.39, 0.29) is 23.3 Å². The SMILES string of the molecule is COc1ccc(NC(=O)CSc2nnc(-c3ccc(F)cc3)n2-c2ccc(F)cc2)cc1OC. The molecule has 3 aromatic carbocycles. The van der Waals surface area contributed by atoms with Gasteiger partial charge in [-0.15, -0.1) is 10.2 Å². The Balaban J connectivity index is 1.56. The van der Waals surface area contributed by atoms with Crippen LogP contribution in [0.3, 0.4) is 0 Å². The number of hydrogen-bond donors (Lipinski definition) is 1. The average Bonchev–Trinajstić information content (AvgIpc) is 3.27. The van der Waals surface area contributed by atoms with Gasteiger partial charge in [-0.25, -0.2) is 8.78 Å². The zero-order chi connectivity index (χ0) is 24.1. The lowest BCUT2D eigenvalue weighted by Crippen LogP contribution is -2.14. The standard InChI is InChI=1S/C24H20F2N4O3S/c1-32-20-12-9-18(13-21(20)33-2)27-22(31)14-34-24-29-28-23(15-3-5-16(25)6-4-15)30(24)19-10-7-17(26)8-11-19/h3-13H,14H2,1-2H3,(H,27,31). The van der Waals surface area contributed by atoms with E-state index in [2.05, 4.69) is 15.5 Å². The maximum atomic E-state index is 13.5. The summed E-state index contributed by atoms with van der Waals surface area (Å²) in [5.41, 5.74) is 1.78. The second-order valence-electron chi connectivity index (χ2n) is 7.03. The summed E-state index contributed by atoms with van der Waals surface area (Å²) in [6.07, 6.45) is 0. The van der Waals surface area contributed by atoms with E-state index in [1.807, 2.05) is 0 Å². The van der Waals surface area contributed by atoms with Crippen LogP contribution < -0.4 is 14.8 Å². The largest absolute Gasteiger partial charge is 0.493 e. The fraction of sp³-hybridized carbons (Fsp3) is 0.125. The third-order valence-corrected chi connectivity index (χ3v) is 5.75. The number of anilines is 1. The van der Waals surface area contributed by atoms with Gasteiger partial charge >= 0.3 is 0 Å². The lowest BCUT2D eigenvalue weighted by molar-refractivity contribution is -0.113. The molecule has 1 amide bonds. The fourth-order valence-electron chi connectivity index (χ4n) is 3.21. The molecular formula is C24H20F2N4O3S. The molecule has 0 bridgehead atoms. The zero-order valence-electron chi connectivity index (χ0n) is 18.3. The Labute approximate surface area is 198 Å². The highest BCUT2D eigenvalue weighted by molar-refractivity contribution is 7.99. The number of thioether (sulfide) groups is 1. The van der Waals surface area contributed by atoms with Gasteiger partial charge in [0.1, 0.15) is 11.6 Å². The lowest BCUT2D eigenvalue weighted by Gasteiger charge is -2.12. The number of nitrogens with one attached hydrogen (secondary N) is 1. The molecule has 1 aromatic heterocycles. The highest BCUT2D eigenvalue weighted by atomic mass is 32.2. The van der Waals surface area contributed by atoms with Crippen LogP contribution in [-0.2, 0) is 4.79 Å². The number of rotatable bonds is 8. The molecule has 0 aliphatic heterocycles. The third kappa shape index (κ3) is 5.18. The van der Waals surface area contributed by atoms with Gasteiger partial charge in [0.15, 0.2) is 22.5 Å². The molecule has 0 atom stereocenters. The monoisotopic (exact) mass is 482 g/mol. The van der Waals surface area contributed by atoms with E-state index < -0.39 is 0 Å². The predicted molar refractivity (Wildman–Crippen MR) is 126 cm³/mol. The molecule has 0 saturated heterocycles. The van der Waals surface area contributed by atoms with Crippen molar-refractivity contribution in [3.63, 3.8) is 0 Å². The van der Waals surface area contributed by atoms with Crippen LogP contribution >= 0.6 is 11.8 Å². The Morgan fingerprint density at radius 2 is 1.56 bits per heavy atom. The van der Waals surface area contributed by atoms with Gasteiger partial charge in [-0.1, -0.05) is 11.8 Å². The van der Waals surface area contributed by atoms with Gasteiger partial charge in [-0.3, -0.25) is 9.36 Å². The Kier molecular flexibility index (Phi) is 7.07. The molecule has 0 radical (unpaired) electrons. The van der Waals surface area contributed by atoms with Crippen LogP contribution in [-0.4, -0.2) is 40.6 Å². The molecule has 0 unspecified atom stereocenters. The van der Waals surface area contributed by atoms with Crippen molar-refractivity contribution >= 4 is 23.4 Å². The topological polar surface area (TPSA) is 78.3 Å². The van der Waals surface area contributed by atoms with E-state index in [1.165, 1.54) is 38.5 Å². The smallest absolute Gasteiger partial charge is 0.234 e. The van der Waals surface area contributed by atoms with Crippen LogP contribution in [0.5, 0.6) is 11.5 Å². The van der Waals surface area contributed by atoms with Crippen molar-refractivity contribution in [2.75, 3.05) is 25.3 Å². The summed E-state index contributed by atoms with van der Waals surface area (Å²) in [5.74, 6) is 0.491. The van der Waals surface area contributed by atoms with Gasteiger partial charge in [0, 0.05) is 23.0 Å². The normalized spacial score (nSPS) is 10.7. The van der Waals surface area contributed by atoms with Crippen LogP contribution in [0.25, 0.3) is 17.1 Å². The minimum Gasteiger partial charge on any atom is -0.493 e. The first-order valence-electron chi connectivity index (χ1n) is 10.1. The number of nitrogens with zero attached hydrogens (tertiary/aromatic N) is 3. The van der Waals surface area contributed by atoms with Crippen molar-refractivity contribution in [3.8, 4) is 28.6 Å². The molecule has 174 valence electrons. The number of methoxy groups -OCH3 is 2. The van der Waals surface area contributed by atoms with Crippen LogP contribution in [0.1, 0.15) is 0 Å². The van der Waals surface area contributed by atoms with Gasteiger partial charge in [0.25, 0.3) is 0 Å². The van der Waals surface area contributed by atoms with Crippen molar-refractivity contribution in [1.82, 2.24) is 14.8 Å². The molecule has 0 saturated carbocycles. The summed E-state index contributed by atoms with van der Waals surface area (Å²) < 4.78 is 39.1. The molecule has 1 heterocycles. The summed E-state index contributed by atoms with van der Waals surface area (Å²) in [6.45, 7) is 0. The summed E-state index contributed by atoms with van der Waals surface area (Å²) in [6, 6.07) is 16.7. The van der Waals surface area contributed by atoms with E-state index >= 15 is 0 Å². The first kappa shape index (κ1) is 23.2. The summed E-state index contributed by atoms with van der Waals surface area (Å²) in [5, 5.41) is 11.7. The summed E-state index contributed by atoms with van der Waals surface area (Å²) in [7, 11) is 3.05. The van der Waals surface area contributed by atoms with Crippen LogP contribution in [0.2, 0.25) is 0 Å².